The van der Waals surface area contributed by atoms with Crippen LogP contribution in [0.2, 0.25) is 0 Å². The van der Waals surface area contributed by atoms with E-state index in [0.29, 0.717) is 4.90 Å². The minimum Gasteiger partial charge on any atom is -0.467 e. The van der Waals surface area contributed by atoms with E-state index in [4.69, 9.17) is 4.42 Å². The molecule has 1 aliphatic rings. The molecular formula is C12H12F3N3O3. The van der Waals surface area contributed by atoms with Crippen molar-refractivity contribution in [1.29, 1.82) is 0 Å². The van der Waals surface area contributed by atoms with Crippen LogP contribution < -0.4 is 5.43 Å². The Bertz CT molecular complexity index is 552. The van der Waals surface area contributed by atoms with E-state index in [-0.39, 0.29) is 36.8 Å². The molecule has 0 fully saturated rings. The summed E-state index contributed by atoms with van der Waals surface area (Å²) in [6.45, 7) is -1.74. The van der Waals surface area contributed by atoms with Crippen molar-refractivity contribution in [3.05, 3.63) is 24.2 Å². The number of halogens is 3. The van der Waals surface area contributed by atoms with E-state index in [9.17, 15) is 22.8 Å². The first-order valence-corrected chi connectivity index (χ1v) is 6.09. The highest BCUT2D eigenvalue weighted by atomic mass is 19.4. The van der Waals surface area contributed by atoms with Gasteiger partial charge in [0.15, 0.2) is 0 Å². The second-order valence-electron chi connectivity index (χ2n) is 4.45. The topological polar surface area (TPSA) is 74.9 Å². The van der Waals surface area contributed by atoms with Crippen LogP contribution in [0.4, 0.5) is 13.2 Å². The summed E-state index contributed by atoms with van der Waals surface area (Å²) in [7, 11) is 0. The summed E-state index contributed by atoms with van der Waals surface area (Å²) < 4.78 is 42.7. The molecule has 6 nitrogen and oxygen atoms in total. The van der Waals surface area contributed by atoms with E-state index in [0.717, 1.165) is 0 Å². The average Bonchev–Trinajstić information content (AvgIpc) is 2.89. The first-order chi connectivity index (χ1) is 9.85. The first kappa shape index (κ1) is 15.1. The minimum absolute atomic E-state index is 0.0111. The number of furan rings is 1. The summed E-state index contributed by atoms with van der Waals surface area (Å²) >= 11 is 0. The fourth-order valence-corrected chi connectivity index (χ4v) is 1.82. The Hall–Kier alpha value is -2.32. The molecule has 2 amide bonds. The molecule has 1 aromatic heterocycles. The molecule has 0 spiro atoms. The zero-order valence-corrected chi connectivity index (χ0v) is 10.8. The van der Waals surface area contributed by atoms with Gasteiger partial charge < -0.3 is 9.32 Å². The standard InChI is InChI=1S/C12H12F3N3O3/c13-12(14,15)7-18(6-8-2-1-5-21-8)11(20)9-3-4-10(19)17-16-9/h1-2,5H,3-4,6-7H2,(H,17,19). The average molecular weight is 303 g/mol. The summed E-state index contributed by atoms with van der Waals surface area (Å²) in [6.07, 6.45) is -3.20. The predicted molar refractivity (Wildman–Crippen MR) is 65.0 cm³/mol. The minimum atomic E-state index is -4.54. The molecule has 9 heteroatoms. The molecule has 1 aliphatic heterocycles. The Morgan fingerprint density at radius 3 is 2.71 bits per heavy atom. The lowest BCUT2D eigenvalue weighted by molar-refractivity contribution is -0.158. The van der Waals surface area contributed by atoms with Gasteiger partial charge in [0.25, 0.3) is 5.91 Å². The number of hydrazone groups is 1. The number of nitrogens with one attached hydrogen (secondary N) is 1. The largest absolute Gasteiger partial charge is 0.467 e. The molecule has 21 heavy (non-hydrogen) atoms. The van der Waals surface area contributed by atoms with Crippen molar-refractivity contribution in [3.63, 3.8) is 0 Å². The predicted octanol–water partition coefficient (Wildman–Crippen LogP) is 1.44. The van der Waals surface area contributed by atoms with Crippen LogP contribution >= 0.6 is 0 Å². The molecule has 0 aromatic carbocycles. The van der Waals surface area contributed by atoms with E-state index < -0.39 is 18.6 Å². The maximum atomic E-state index is 12.6. The highest BCUT2D eigenvalue weighted by Gasteiger charge is 2.35. The maximum Gasteiger partial charge on any atom is 0.406 e. The second kappa shape index (κ2) is 5.98. The molecule has 2 rings (SSSR count). The molecule has 0 saturated carbocycles. The molecule has 1 aromatic rings. The van der Waals surface area contributed by atoms with Gasteiger partial charge in [-0.15, -0.1) is 0 Å². The van der Waals surface area contributed by atoms with Crippen molar-refractivity contribution in [3.8, 4) is 0 Å². The van der Waals surface area contributed by atoms with Gasteiger partial charge in [0.05, 0.1) is 12.8 Å². The number of nitrogens with zero attached hydrogens (tertiary/aromatic N) is 2. The van der Waals surface area contributed by atoms with Gasteiger partial charge in [-0.2, -0.15) is 18.3 Å². The van der Waals surface area contributed by atoms with Crippen LogP contribution in [0.5, 0.6) is 0 Å². The lowest BCUT2D eigenvalue weighted by Crippen LogP contribution is -2.44. The first-order valence-electron chi connectivity index (χ1n) is 6.09. The molecule has 1 N–H and O–H groups in total. The van der Waals surface area contributed by atoms with Crippen molar-refractivity contribution in [2.24, 2.45) is 5.10 Å². The van der Waals surface area contributed by atoms with Crippen molar-refractivity contribution in [1.82, 2.24) is 10.3 Å². The van der Waals surface area contributed by atoms with E-state index in [1.807, 2.05) is 0 Å². The van der Waals surface area contributed by atoms with E-state index >= 15 is 0 Å². The van der Waals surface area contributed by atoms with Crippen molar-refractivity contribution >= 4 is 17.5 Å². The second-order valence-corrected chi connectivity index (χ2v) is 4.45. The quantitative estimate of drug-likeness (QED) is 0.914. The third kappa shape index (κ3) is 4.33. The van der Waals surface area contributed by atoms with Crippen LogP contribution in [-0.4, -0.2) is 35.1 Å². The molecule has 2 heterocycles. The number of carbonyl (C=O) groups is 2. The molecule has 0 atom stereocenters. The van der Waals surface area contributed by atoms with Crippen molar-refractivity contribution in [2.75, 3.05) is 6.54 Å². The third-order valence-corrected chi connectivity index (χ3v) is 2.74. The van der Waals surface area contributed by atoms with Crippen LogP contribution in [0.15, 0.2) is 27.9 Å². The van der Waals surface area contributed by atoms with Gasteiger partial charge in [-0.25, -0.2) is 5.43 Å². The Balaban J connectivity index is 2.14. The third-order valence-electron chi connectivity index (χ3n) is 2.74. The van der Waals surface area contributed by atoms with E-state index in [1.54, 1.807) is 0 Å². The summed E-state index contributed by atoms with van der Waals surface area (Å²) in [5.74, 6) is -1.02. The smallest absolute Gasteiger partial charge is 0.406 e. The van der Waals surface area contributed by atoms with Gasteiger partial charge in [0.1, 0.15) is 18.0 Å². The molecule has 114 valence electrons. The van der Waals surface area contributed by atoms with Crippen molar-refractivity contribution in [2.45, 2.75) is 25.6 Å². The van der Waals surface area contributed by atoms with Crippen LogP contribution in [-0.2, 0) is 16.1 Å². The summed E-state index contributed by atoms with van der Waals surface area (Å²) in [4.78, 5) is 23.7. The summed E-state index contributed by atoms with van der Waals surface area (Å²) in [5.41, 5.74) is 1.98. The Kier molecular flexibility index (Phi) is 4.29. The monoisotopic (exact) mass is 303 g/mol. The van der Waals surface area contributed by atoms with E-state index in [2.05, 4.69) is 10.5 Å². The zero-order valence-electron chi connectivity index (χ0n) is 10.8. The number of amides is 2. The molecule has 0 radical (unpaired) electrons. The lowest BCUT2D eigenvalue weighted by Gasteiger charge is -2.24. The van der Waals surface area contributed by atoms with Gasteiger partial charge in [0, 0.05) is 12.8 Å². The van der Waals surface area contributed by atoms with E-state index in [1.165, 1.54) is 18.4 Å². The Morgan fingerprint density at radius 1 is 1.43 bits per heavy atom. The van der Waals surface area contributed by atoms with Crippen LogP contribution in [0.3, 0.4) is 0 Å². The molecular weight excluding hydrogens is 291 g/mol. The highest BCUT2D eigenvalue weighted by molar-refractivity contribution is 6.39. The number of carbonyl (C=O) groups excluding carboxylic acids is 2. The van der Waals surface area contributed by atoms with Gasteiger partial charge in [0.2, 0.25) is 5.91 Å². The van der Waals surface area contributed by atoms with Gasteiger partial charge >= 0.3 is 6.18 Å². The van der Waals surface area contributed by atoms with Gasteiger partial charge in [-0.3, -0.25) is 9.59 Å². The lowest BCUT2D eigenvalue weighted by atomic mass is 10.1. The summed E-state index contributed by atoms with van der Waals surface area (Å²) in [6, 6.07) is 2.99. The molecule has 0 bridgehead atoms. The molecule has 0 saturated heterocycles. The van der Waals surface area contributed by atoms with Crippen LogP contribution in [0.25, 0.3) is 0 Å². The number of alkyl halides is 3. The zero-order chi connectivity index (χ0) is 15.5. The SMILES string of the molecule is O=C1CCC(C(=O)N(Cc2ccco2)CC(F)(F)F)=NN1. The number of hydrogen-bond donors (Lipinski definition) is 1. The van der Waals surface area contributed by atoms with Crippen LogP contribution in [0, 0.1) is 0 Å². The Labute approximate surface area is 117 Å². The van der Waals surface area contributed by atoms with Gasteiger partial charge in [-0.1, -0.05) is 0 Å². The fraction of sp³-hybridized carbons (Fsp3) is 0.417. The van der Waals surface area contributed by atoms with Crippen molar-refractivity contribution < 1.29 is 27.2 Å². The molecule has 0 aliphatic carbocycles. The number of rotatable bonds is 4. The maximum absolute atomic E-state index is 12.6. The normalized spacial score (nSPS) is 15.4. The van der Waals surface area contributed by atoms with Gasteiger partial charge in [-0.05, 0) is 12.1 Å². The Morgan fingerprint density at radius 2 is 2.19 bits per heavy atom. The fourth-order valence-electron chi connectivity index (χ4n) is 1.82. The van der Waals surface area contributed by atoms with Crippen LogP contribution in [0.1, 0.15) is 18.6 Å². The molecule has 0 unspecified atom stereocenters. The summed E-state index contributed by atoms with van der Waals surface area (Å²) in [5, 5.41) is 3.52. The highest BCUT2D eigenvalue weighted by Crippen LogP contribution is 2.19. The number of hydrogen-bond acceptors (Lipinski definition) is 4.